The van der Waals surface area contributed by atoms with Gasteiger partial charge in [-0.3, -0.25) is 4.79 Å². The molecule has 0 radical (unpaired) electrons. The first-order valence-electron chi connectivity index (χ1n) is 12.8. The Hall–Kier alpha value is -4.44. The number of ether oxygens (including phenoxy) is 1. The van der Waals surface area contributed by atoms with E-state index in [2.05, 4.69) is 56.4 Å². The Morgan fingerprint density at radius 2 is 1.92 bits per heavy atom. The molecule has 0 saturated carbocycles. The number of hydrogen-bond donors (Lipinski definition) is 4. The van der Waals surface area contributed by atoms with Crippen molar-refractivity contribution in [1.29, 1.82) is 5.41 Å². The number of rotatable bonds is 10. The average molecular weight is 529 g/mol. The molecule has 0 unspecified atom stereocenters. The van der Waals surface area contributed by atoms with Crippen molar-refractivity contribution in [2.24, 2.45) is 0 Å². The number of nitrogens with zero attached hydrogens (tertiary/aromatic N) is 4. The van der Waals surface area contributed by atoms with E-state index in [9.17, 15) is 4.79 Å². The number of aromatic nitrogens is 2. The number of nitrogens with one attached hydrogen (secondary N) is 4. The van der Waals surface area contributed by atoms with Gasteiger partial charge in [-0.1, -0.05) is 18.7 Å². The van der Waals surface area contributed by atoms with Crippen LogP contribution in [0.15, 0.2) is 55.4 Å². The molecule has 0 atom stereocenters. The molecule has 2 heterocycles. The van der Waals surface area contributed by atoms with Crippen LogP contribution >= 0.6 is 0 Å². The molecule has 2 aromatic carbocycles. The maximum Gasteiger partial charge on any atom is 0.247 e. The van der Waals surface area contributed by atoms with Crippen molar-refractivity contribution in [2.45, 2.75) is 18.9 Å². The van der Waals surface area contributed by atoms with Crippen molar-refractivity contribution in [1.82, 2.24) is 14.9 Å². The third-order valence-corrected chi connectivity index (χ3v) is 7.08. The summed E-state index contributed by atoms with van der Waals surface area (Å²) in [5, 5.41) is 17.0. The van der Waals surface area contributed by atoms with Crippen molar-refractivity contribution in [3.63, 3.8) is 0 Å². The molecule has 1 amide bonds. The first-order chi connectivity index (χ1) is 18.9. The average Bonchev–Trinajstić information content (AvgIpc) is 2.97. The number of amides is 1. The van der Waals surface area contributed by atoms with Gasteiger partial charge in [0.1, 0.15) is 17.9 Å². The van der Waals surface area contributed by atoms with Gasteiger partial charge in [-0.15, -0.1) is 0 Å². The van der Waals surface area contributed by atoms with Crippen LogP contribution in [0.1, 0.15) is 18.4 Å². The van der Waals surface area contributed by atoms with Gasteiger partial charge in [0.25, 0.3) is 0 Å². The third kappa shape index (κ3) is 6.35. The van der Waals surface area contributed by atoms with Crippen LogP contribution in [-0.4, -0.2) is 74.4 Å². The number of hydrogen-bond acceptors (Lipinski definition) is 9. The molecule has 1 saturated heterocycles. The Morgan fingerprint density at radius 1 is 1.15 bits per heavy atom. The van der Waals surface area contributed by atoms with E-state index < -0.39 is 0 Å². The molecule has 1 aromatic heterocycles. The Balaban J connectivity index is 1.68. The summed E-state index contributed by atoms with van der Waals surface area (Å²) in [5.41, 5.74) is 5.41. The van der Waals surface area contributed by atoms with Crippen molar-refractivity contribution in [3.8, 4) is 17.0 Å². The highest BCUT2D eigenvalue weighted by Gasteiger charge is 2.24. The molecule has 0 spiro atoms. The molecule has 1 aliphatic heterocycles. The summed E-state index contributed by atoms with van der Waals surface area (Å²) < 4.78 is 5.77. The van der Waals surface area contributed by atoms with Crippen LogP contribution in [0.25, 0.3) is 11.3 Å². The Labute approximate surface area is 229 Å². The number of anilines is 5. The summed E-state index contributed by atoms with van der Waals surface area (Å²) >= 11 is 0. The van der Waals surface area contributed by atoms with Gasteiger partial charge in [-0.2, -0.15) is 0 Å². The monoisotopic (exact) mass is 528 g/mol. The van der Waals surface area contributed by atoms with Gasteiger partial charge in [0.05, 0.1) is 29.9 Å². The topological polar surface area (TPSA) is 118 Å². The van der Waals surface area contributed by atoms with Crippen LogP contribution in [0.4, 0.5) is 28.6 Å². The Bertz CT molecular complexity index is 1350. The van der Waals surface area contributed by atoms with Gasteiger partial charge in [0, 0.05) is 55.3 Å². The Morgan fingerprint density at radius 3 is 2.59 bits per heavy atom. The fraction of sp³-hybridized carbons (Fsp3) is 0.310. The van der Waals surface area contributed by atoms with Crippen molar-refractivity contribution >= 4 is 40.7 Å². The van der Waals surface area contributed by atoms with Crippen LogP contribution < -0.4 is 25.6 Å². The molecule has 4 N–H and O–H groups in total. The fourth-order valence-electron chi connectivity index (χ4n) is 4.77. The predicted molar refractivity (Wildman–Crippen MR) is 159 cm³/mol. The highest BCUT2D eigenvalue weighted by molar-refractivity contribution is 6.02. The van der Waals surface area contributed by atoms with E-state index in [1.807, 2.05) is 43.4 Å². The zero-order valence-electron chi connectivity index (χ0n) is 22.9. The zero-order valence-corrected chi connectivity index (χ0v) is 22.9. The first-order valence-corrected chi connectivity index (χ1v) is 12.8. The number of piperidine rings is 1. The lowest BCUT2D eigenvalue weighted by Gasteiger charge is -2.37. The number of carbonyl (C=O) groups is 1. The van der Waals surface area contributed by atoms with Gasteiger partial charge < -0.3 is 35.9 Å². The van der Waals surface area contributed by atoms with E-state index in [1.54, 1.807) is 7.11 Å². The maximum absolute atomic E-state index is 12.4. The van der Waals surface area contributed by atoms with E-state index in [-0.39, 0.29) is 5.91 Å². The molecule has 39 heavy (non-hydrogen) atoms. The van der Waals surface area contributed by atoms with Crippen molar-refractivity contribution in [3.05, 3.63) is 60.9 Å². The molecule has 1 aliphatic rings. The quantitative estimate of drug-likeness (QED) is 0.223. The lowest BCUT2D eigenvalue weighted by Crippen LogP contribution is -2.42. The molecular weight excluding hydrogens is 492 g/mol. The largest absolute Gasteiger partial charge is 0.494 e. The molecule has 10 nitrogen and oxygen atoms in total. The lowest BCUT2D eigenvalue weighted by atomic mass is 10.0. The fourth-order valence-corrected chi connectivity index (χ4v) is 4.77. The van der Waals surface area contributed by atoms with Crippen LogP contribution in [0, 0.1) is 5.41 Å². The number of benzene rings is 2. The van der Waals surface area contributed by atoms with Crippen LogP contribution in [-0.2, 0) is 4.79 Å². The molecule has 1 fully saturated rings. The minimum absolute atomic E-state index is 0.290. The highest BCUT2D eigenvalue weighted by atomic mass is 16.5. The molecule has 3 aromatic rings. The highest BCUT2D eigenvalue weighted by Crippen LogP contribution is 2.39. The van der Waals surface area contributed by atoms with Crippen molar-refractivity contribution in [2.75, 3.05) is 62.2 Å². The predicted octanol–water partition coefficient (Wildman–Crippen LogP) is 4.59. The number of likely N-dealkylation sites (tertiary alicyclic amines) is 1. The summed E-state index contributed by atoms with van der Waals surface area (Å²) in [4.78, 5) is 25.8. The summed E-state index contributed by atoms with van der Waals surface area (Å²) in [6.07, 6.45) is 6.13. The van der Waals surface area contributed by atoms with Gasteiger partial charge in [-0.05, 0) is 51.2 Å². The minimum Gasteiger partial charge on any atom is -0.494 e. The van der Waals surface area contributed by atoms with Crippen LogP contribution in [0.5, 0.6) is 5.75 Å². The standard InChI is InChI=1S/C29H36N8O2/c1-6-29(38)35-24-14-25(27(39-5)16-26(24)37(4)21-9-11-36(3)12-10-21)34-28-15-23(32-18-33-28)19-7-8-20(17-30)22(13-19)31-2/h6-8,13-18,21,30-31H,1,9-12H2,2-5H3,(H,35,38)(H,32,33,34). The molecule has 0 aliphatic carbocycles. The summed E-state index contributed by atoms with van der Waals surface area (Å²) in [6.45, 7) is 5.66. The summed E-state index contributed by atoms with van der Waals surface area (Å²) in [5.74, 6) is 0.898. The molecule has 4 rings (SSSR count). The number of carbonyl (C=O) groups excluding carboxylic acids is 1. The van der Waals surface area contributed by atoms with E-state index in [4.69, 9.17) is 10.1 Å². The van der Waals surface area contributed by atoms with E-state index in [0.717, 1.165) is 54.1 Å². The van der Waals surface area contributed by atoms with Gasteiger partial charge >= 0.3 is 0 Å². The normalized spacial score (nSPS) is 13.8. The molecule has 204 valence electrons. The number of methoxy groups -OCH3 is 1. The van der Waals surface area contributed by atoms with Gasteiger partial charge in [0.15, 0.2) is 0 Å². The second-order valence-electron chi connectivity index (χ2n) is 9.52. The van der Waals surface area contributed by atoms with Crippen LogP contribution in [0.3, 0.4) is 0 Å². The molecular formula is C29H36N8O2. The van der Waals surface area contributed by atoms with Crippen molar-refractivity contribution < 1.29 is 9.53 Å². The first kappa shape index (κ1) is 27.6. The zero-order chi connectivity index (χ0) is 27.9. The SMILES string of the molecule is C=CC(=O)Nc1cc(Nc2cc(-c3ccc(C=N)c(NC)c3)ncn2)c(OC)cc1N(C)C1CCN(C)CC1. The van der Waals surface area contributed by atoms with E-state index >= 15 is 0 Å². The maximum atomic E-state index is 12.4. The minimum atomic E-state index is -0.290. The van der Waals surface area contributed by atoms with E-state index in [1.165, 1.54) is 18.6 Å². The summed E-state index contributed by atoms with van der Waals surface area (Å²) in [6, 6.07) is 11.7. The lowest BCUT2D eigenvalue weighted by molar-refractivity contribution is -0.111. The molecule has 10 heteroatoms. The Kier molecular flexibility index (Phi) is 8.77. The van der Waals surface area contributed by atoms with Crippen LogP contribution in [0.2, 0.25) is 0 Å². The van der Waals surface area contributed by atoms with Gasteiger partial charge in [0.2, 0.25) is 5.91 Å². The summed E-state index contributed by atoms with van der Waals surface area (Å²) in [7, 11) is 7.64. The second-order valence-corrected chi connectivity index (χ2v) is 9.52. The third-order valence-electron chi connectivity index (χ3n) is 7.08. The van der Waals surface area contributed by atoms with Gasteiger partial charge in [-0.25, -0.2) is 9.97 Å². The molecule has 0 bridgehead atoms. The smallest absolute Gasteiger partial charge is 0.247 e. The van der Waals surface area contributed by atoms with E-state index in [0.29, 0.717) is 29.0 Å². The second kappa shape index (κ2) is 12.4.